The molecule has 6 nitrogen and oxygen atoms in total. The first-order valence-electron chi connectivity index (χ1n) is 7.98. The first-order chi connectivity index (χ1) is 10.1. The highest BCUT2D eigenvalue weighted by Crippen LogP contribution is 2.25. The van der Waals surface area contributed by atoms with Crippen LogP contribution in [0.3, 0.4) is 0 Å². The number of piperidine rings is 1. The molecule has 0 radical (unpaired) electrons. The summed E-state index contributed by atoms with van der Waals surface area (Å²) in [5, 5.41) is -0.316. The van der Waals surface area contributed by atoms with Gasteiger partial charge in [0.25, 0.3) is 5.91 Å². The number of sulfonamides is 1. The Balaban J connectivity index is 1.56. The van der Waals surface area contributed by atoms with Gasteiger partial charge in [0, 0.05) is 32.8 Å². The monoisotopic (exact) mass is 316 g/mol. The zero-order valence-corrected chi connectivity index (χ0v) is 13.2. The Labute approximate surface area is 126 Å². The summed E-state index contributed by atoms with van der Waals surface area (Å²) in [5.74, 6) is 0.0459. The average molecular weight is 316 g/mol. The summed E-state index contributed by atoms with van der Waals surface area (Å²) < 4.78 is 32.1. The van der Waals surface area contributed by atoms with Crippen molar-refractivity contribution >= 4 is 15.9 Å². The summed E-state index contributed by atoms with van der Waals surface area (Å²) in [6.07, 6.45) is 4.48. The number of amides is 1. The highest BCUT2D eigenvalue weighted by molar-refractivity contribution is 7.89. The Bertz CT molecular complexity index is 473. The molecular weight excluding hydrogens is 292 g/mol. The Morgan fingerprint density at radius 3 is 2.19 bits per heavy atom. The van der Waals surface area contributed by atoms with Crippen LogP contribution in [-0.2, 0) is 19.6 Å². The summed E-state index contributed by atoms with van der Waals surface area (Å²) in [6, 6.07) is 0. The minimum Gasteiger partial charge on any atom is -0.368 e. The molecule has 3 fully saturated rings. The molecule has 3 aliphatic rings. The van der Waals surface area contributed by atoms with Crippen molar-refractivity contribution in [2.75, 3.05) is 32.8 Å². The van der Waals surface area contributed by atoms with E-state index >= 15 is 0 Å². The van der Waals surface area contributed by atoms with E-state index in [0.29, 0.717) is 45.6 Å². The molecule has 3 rings (SSSR count). The van der Waals surface area contributed by atoms with Gasteiger partial charge in [-0.15, -0.1) is 0 Å². The number of rotatable bonds is 3. The molecule has 1 atom stereocenters. The van der Waals surface area contributed by atoms with Crippen molar-refractivity contribution in [1.82, 2.24) is 9.21 Å². The molecule has 3 heterocycles. The van der Waals surface area contributed by atoms with Gasteiger partial charge in [-0.1, -0.05) is 0 Å². The van der Waals surface area contributed by atoms with Gasteiger partial charge in [0.15, 0.2) is 0 Å². The quantitative estimate of drug-likeness (QED) is 0.764. The molecule has 120 valence electrons. The van der Waals surface area contributed by atoms with E-state index in [1.54, 1.807) is 9.21 Å². The molecule has 0 aromatic carbocycles. The summed E-state index contributed by atoms with van der Waals surface area (Å²) in [6.45, 7) is 3.07. The van der Waals surface area contributed by atoms with E-state index in [1.165, 1.54) is 0 Å². The van der Waals surface area contributed by atoms with E-state index in [-0.39, 0.29) is 17.3 Å². The fourth-order valence-electron chi connectivity index (χ4n) is 3.50. The van der Waals surface area contributed by atoms with Crippen LogP contribution in [0, 0.1) is 0 Å². The van der Waals surface area contributed by atoms with Gasteiger partial charge in [-0.3, -0.25) is 4.79 Å². The molecule has 3 saturated heterocycles. The fraction of sp³-hybridized carbons (Fsp3) is 0.929. The minimum atomic E-state index is -3.17. The molecule has 7 heteroatoms. The maximum Gasteiger partial charge on any atom is 0.251 e. The third kappa shape index (κ3) is 3.10. The van der Waals surface area contributed by atoms with Gasteiger partial charge in [-0.2, -0.15) is 0 Å². The van der Waals surface area contributed by atoms with E-state index < -0.39 is 10.0 Å². The van der Waals surface area contributed by atoms with Gasteiger partial charge < -0.3 is 9.64 Å². The predicted octanol–water partition coefficient (Wildman–Crippen LogP) is 0.582. The van der Waals surface area contributed by atoms with E-state index in [4.69, 9.17) is 4.74 Å². The molecule has 0 aromatic rings. The largest absolute Gasteiger partial charge is 0.368 e. The number of ether oxygens (including phenoxy) is 1. The van der Waals surface area contributed by atoms with Gasteiger partial charge in [0.2, 0.25) is 10.0 Å². The van der Waals surface area contributed by atoms with Crippen LogP contribution < -0.4 is 0 Å². The van der Waals surface area contributed by atoms with E-state index in [1.807, 2.05) is 0 Å². The SMILES string of the molecule is O=C([C@@H]1CCCO1)N1CCC(S(=O)(=O)N2CCCC2)CC1. The summed E-state index contributed by atoms with van der Waals surface area (Å²) in [7, 11) is -3.17. The number of hydrogen-bond donors (Lipinski definition) is 0. The van der Waals surface area contributed by atoms with Crippen LogP contribution in [0.4, 0.5) is 0 Å². The molecule has 0 saturated carbocycles. The lowest BCUT2D eigenvalue weighted by Crippen LogP contribution is -2.48. The average Bonchev–Trinajstić information content (AvgIpc) is 3.19. The standard InChI is InChI=1S/C14H24N2O4S/c17-14(13-4-3-11-20-13)15-9-5-12(6-10-15)21(18,19)16-7-1-2-8-16/h12-13H,1-11H2/t13-/m0/s1. The van der Waals surface area contributed by atoms with Crippen LogP contribution in [0.15, 0.2) is 0 Å². The third-order valence-corrected chi connectivity index (χ3v) is 7.20. The smallest absolute Gasteiger partial charge is 0.251 e. The van der Waals surface area contributed by atoms with Crippen LogP contribution in [-0.4, -0.2) is 67.7 Å². The summed E-state index contributed by atoms with van der Waals surface area (Å²) in [5.41, 5.74) is 0. The molecule has 3 aliphatic heterocycles. The highest BCUT2D eigenvalue weighted by Gasteiger charge is 2.38. The van der Waals surface area contributed by atoms with Gasteiger partial charge in [-0.05, 0) is 38.5 Å². The second kappa shape index (κ2) is 6.22. The molecule has 0 aliphatic carbocycles. The van der Waals surface area contributed by atoms with Gasteiger partial charge >= 0.3 is 0 Å². The van der Waals surface area contributed by atoms with Crippen molar-refractivity contribution in [2.45, 2.75) is 49.9 Å². The molecule has 1 amide bonds. The molecule has 21 heavy (non-hydrogen) atoms. The third-order valence-electron chi connectivity index (χ3n) is 4.80. The zero-order valence-electron chi connectivity index (χ0n) is 12.4. The molecule has 0 bridgehead atoms. The van der Waals surface area contributed by atoms with Gasteiger partial charge in [0.05, 0.1) is 5.25 Å². The first kappa shape index (κ1) is 15.2. The fourth-order valence-corrected chi connectivity index (χ4v) is 5.50. The molecule has 0 spiro atoms. The van der Waals surface area contributed by atoms with Crippen molar-refractivity contribution in [2.24, 2.45) is 0 Å². The van der Waals surface area contributed by atoms with Crippen molar-refractivity contribution in [1.29, 1.82) is 0 Å². The molecule has 0 aromatic heterocycles. The minimum absolute atomic E-state index is 0.0459. The molecule has 0 unspecified atom stereocenters. The number of carbonyl (C=O) groups is 1. The van der Waals surface area contributed by atoms with Crippen molar-refractivity contribution in [3.63, 3.8) is 0 Å². The number of nitrogens with zero attached hydrogens (tertiary/aromatic N) is 2. The Kier molecular flexibility index (Phi) is 4.51. The first-order valence-corrected chi connectivity index (χ1v) is 9.49. The van der Waals surface area contributed by atoms with Gasteiger partial charge in [-0.25, -0.2) is 12.7 Å². The summed E-state index contributed by atoms with van der Waals surface area (Å²) >= 11 is 0. The highest BCUT2D eigenvalue weighted by atomic mass is 32.2. The van der Waals surface area contributed by atoms with Gasteiger partial charge in [0.1, 0.15) is 6.10 Å². The van der Waals surface area contributed by atoms with E-state index in [9.17, 15) is 13.2 Å². The van der Waals surface area contributed by atoms with Crippen molar-refractivity contribution < 1.29 is 17.9 Å². The number of hydrogen-bond acceptors (Lipinski definition) is 4. The zero-order chi connectivity index (χ0) is 14.9. The van der Waals surface area contributed by atoms with Crippen LogP contribution in [0.1, 0.15) is 38.5 Å². The number of carbonyl (C=O) groups excluding carboxylic acids is 1. The van der Waals surface area contributed by atoms with Crippen molar-refractivity contribution in [3.05, 3.63) is 0 Å². The predicted molar refractivity (Wildman–Crippen MR) is 78.3 cm³/mol. The Morgan fingerprint density at radius 1 is 0.952 bits per heavy atom. The van der Waals surface area contributed by atoms with Crippen molar-refractivity contribution in [3.8, 4) is 0 Å². The lowest BCUT2D eigenvalue weighted by molar-refractivity contribution is -0.141. The number of likely N-dealkylation sites (tertiary alicyclic amines) is 1. The second-order valence-corrected chi connectivity index (χ2v) is 8.39. The maximum absolute atomic E-state index is 12.5. The second-order valence-electron chi connectivity index (χ2n) is 6.18. The van der Waals surface area contributed by atoms with E-state index in [2.05, 4.69) is 0 Å². The lowest BCUT2D eigenvalue weighted by Gasteiger charge is -2.34. The van der Waals surface area contributed by atoms with Crippen LogP contribution in [0.5, 0.6) is 0 Å². The topological polar surface area (TPSA) is 66.9 Å². The lowest BCUT2D eigenvalue weighted by atomic mass is 10.1. The molecular formula is C14H24N2O4S. The molecule has 0 N–H and O–H groups in total. The Morgan fingerprint density at radius 2 is 1.62 bits per heavy atom. The summed E-state index contributed by atoms with van der Waals surface area (Å²) in [4.78, 5) is 14.0. The normalized spacial score (nSPS) is 29.1. The van der Waals surface area contributed by atoms with Crippen LogP contribution in [0.25, 0.3) is 0 Å². The van der Waals surface area contributed by atoms with Crippen LogP contribution >= 0.6 is 0 Å². The Hall–Kier alpha value is -0.660. The van der Waals surface area contributed by atoms with E-state index in [0.717, 1.165) is 25.7 Å². The van der Waals surface area contributed by atoms with Crippen LogP contribution in [0.2, 0.25) is 0 Å². The maximum atomic E-state index is 12.5.